The maximum absolute atomic E-state index is 3.69. The van der Waals surface area contributed by atoms with E-state index in [4.69, 9.17) is 0 Å². The van der Waals surface area contributed by atoms with E-state index in [1.807, 2.05) is 11.3 Å². The van der Waals surface area contributed by atoms with E-state index in [1.165, 1.54) is 17.7 Å². The second kappa shape index (κ2) is 6.21. The third-order valence-corrected chi connectivity index (χ3v) is 4.64. The van der Waals surface area contributed by atoms with Crippen LogP contribution in [0.2, 0.25) is 0 Å². The van der Waals surface area contributed by atoms with Gasteiger partial charge in [0.05, 0.1) is 0 Å². The van der Waals surface area contributed by atoms with Crippen LogP contribution in [0.15, 0.2) is 17.5 Å². The normalized spacial score (nSPS) is 14.8. The summed E-state index contributed by atoms with van der Waals surface area (Å²) in [5.74, 6) is 0. The van der Waals surface area contributed by atoms with Crippen LogP contribution >= 0.6 is 11.3 Å². The largest absolute Gasteiger partial charge is 0.313 e. The Labute approximate surface area is 117 Å². The number of hydrogen-bond donors (Lipinski definition) is 1. The molecule has 0 aliphatic rings. The van der Waals surface area contributed by atoms with Crippen molar-refractivity contribution in [1.29, 1.82) is 0 Å². The van der Waals surface area contributed by atoms with E-state index in [2.05, 4.69) is 64.4 Å². The molecule has 1 aromatic rings. The molecule has 0 bridgehead atoms. The highest BCUT2D eigenvalue weighted by Gasteiger charge is 2.22. The highest BCUT2D eigenvalue weighted by Crippen LogP contribution is 2.27. The molecular weight excluding hydrogens is 238 g/mol. The lowest BCUT2D eigenvalue weighted by atomic mass is 9.88. The monoisotopic (exact) mass is 267 g/mol. The van der Waals surface area contributed by atoms with Crippen molar-refractivity contribution in [3.05, 3.63) is 22.4 Å². The van der Waals surface area contributed by atoms with Gasteiger partial charge in [0.25, 0.3) is 0 Å². The Morgan fingerprint density at radius 3 is 2.39 bits per heavy atom. The molecule has 0 aliphatic heterocycles. The zero-order chi connectivity index (χ0) is 13.8. The molecule has 18 heavy (non-hydrogen) atoms. The molecule has 0 saturated carbocycles. The molecule has 1 aromatic heterocycles. The van der Waals surface area contributed by atoms with Crippen molar-refractivity contribution in [2.24, 2.45) is 5.41 Å². The Balaban J connectivity index is 2.36. The minimum Gasteiger partial charge on any atom is -0.313 e. The van der Waals surface area contributed by atoms with Gasteiger partial charge in [-0.2, -0.15) is 0 Å². The summed E-state index contributed by atoms with van der Waals surface area (Å²) < 4.78 is 0. The van der Waals surface area contributed by atoms with Crippen molar-refractivity contribution in [3.63, 3.8) is 0 Å². The number of nitrogens with one attached hydrogen (secondary N) is 1. The van der Waals surface area contributed by atoms with E-state index in [-0.39, 0.29) is 5.41 Å². The van der Waals surface area contributed by atoms with Crippen molar-refractivity contribution >= 4 is 11.3 Å². The Bertz CT molecular complexity index is 332. The Morgan fingerprint density at radius 2 is 1.89 bits per heavy atom. The van der Waals surface area contributed by atoms with E-state index < -0.39 is 0 Å². The van der Waals surface area contributed by atoms with Crippen molar-refractivity contribution in [2.45, 2.75) is 65.8 Å². The van der Waals surface area contributed by atoms with Gasteiger partial charge in [0, 0.05) is 22.9 Å². The Morgan fingerprint density at radius 1 is 1.22 bits per heavy atom. The van der Waals surface area contributed by atoms with Gasteiger partial charge < -0.3 is 5.32 Å². The molecule has 1 N–H and O–H groups in total. The molecule has 1 atom stereocenters. The highest BCUT2D eigenvalue weighted by atomic mass is 32.1. The van der Waals surface area contributed by atoms with Crippen LogP contribution in [0.3, 0.4) is 0 Å². The third kappa shape index (κ3) is 5.53. The van der Waals surface area contributed by atoms with Gasteiger partial charge in [-0.1, -0.05) is 40.7 Å². The van der Waals surface area contributed by atoms with Crippen molar-refractivity contribution in [3.8, 4) is 0 Å². The zero-order valence-corrected chi connectivity index (χ0v) is 13.7. The van der Waals surface area contributed by atoms with Gasteiger partial charge in [-0.15, -0.1) is 11.3 Å². The fraction of sp³-hybridized carbons (Fsp3) is 0.750. The molecule has 0 fully saturated rings. The van der Waals surface area contributed by atoms with E-state index in [1.54, 1.807) is 0 Å². The van der Waals surface area contributed by atoms with Crippen LogP contribution in [0.1, 0.15) is 59.3 Å². The SMILES string of the molecule is CC(CCC(C)(C)C)NCC(C)(C)c1cccs1. The molecule has 104 valence electrons. The quantitative estimate of drug-likeness (QED) is 0.778. The Kier molecular flexibility index (Phi) is 5.42. The van der Waals surface area contributed by atoms with Gasteiger partial charge >= 0.3 is 0 Å². The van der Waals surface area contributed by atoms with E-state index in [9.17, 15) is 0 Å². The van der Waals surface area contributed by atoms with Crippen LogP contribution in [-0.2, 0) is 5.41 Å². The molecule has 1 rings (SSSR count). The van der Waals surface area contributed by atoms with Crippen LogP contribution in [0.4, 0.5) is 0 Å². The molecule has 0 amide bonds. The minimum absolute atomic E-state index is 0.240. The fourth-order valence-corrected chi connectivity index (χ4v) is 2.78. The summed E-state index contributed by atoms with van der Waals surface area (Å²) in [6.45, 7) is 14.9. The molecule has 2 heteroatoms. The second-order valence-corrected chi connectivity index (χ2v) is 8.19. The van der Waals surface area contributed by atoms with Crippen molar-refractivity contribution in [2.75, 3.05) is 6.54 Å². The average molecular weight is 267 g/mol. The standard InChI is InChI=1S/C16H29NS/c1-13(9-10-15(2,3)4)17-12-16(5,6)14-8-7-11-18-14/h7-8,11,13,17H,9-10,12H2,1-6H3. The summed E-state index contributed by atoms with van der Waals surface area (Å²) in [5.41, 5.74) is 0.684. The molecule has 0 spiro atoms. The summed E-state index contributed by atoms with van der Waals surface area (Å²) in [5, 5.41) is 5.86. The van der Waals surface area contributed by atoms with E-state index in [0.717, 1.165) is 6.54 Å². The predicted octanol–water partition coefficient (Wildman–Crippen LogP) is 4.83. The van der Waals surface area contributed by atoms with Crippen LogP contribution in [0, 0.1) is 5.41 Å². The summed E-state index contributed by atoms with van der Waals surface area (Å²) in [6, 6.07) is 4.99. The van der Waals surface area contributed by atoms with Crippen LogP contribution in [-0.4, -0.2) is 12.6 Å². The lowest BCUT2D eigenvalue weighted by Gasteiger charge is -2.27. The van der Waals surface area contributed by atoms with Gasteiger partial charge in [-0.3, -0.25) is 0 Å². The summed E-state index contributed by atoms with van der Waals surface area (Å²) in [4.78, 5) is 1.47. The fourth-order valence-electron chi connectivity index (χ4n) is 1.93. The molecule has 0 aromatic carbocycles. The van der Waals surface area contributed by atoms with E-state index in [0.29, 0.717) is 11.5 Å². The molecule has 1 heterocycles. The van der Waals surface area contributed by atoms with Gasteiger partial charge in [0.15, 0.2) is 0 Å². The second-order valence-electron chi connectivity index (χ2n) is 7.24. The molecule has 1 unspecified atom stereocenters. The highest BCUT2D eigenvalue weighted by molar-refractivity contribution is 7.10. The van der Waals surface area contributed by atoms with E-state index >= 15 is 0 Å². The van der Waals surface area contributed by atoms with Gasteiger partial charge in [-0.05, 0) is 36.6 Å². The van der Waals surface area contributed by atoms with Crippen molar-refractivity contribution in [1.82, 2.24) is 5.32 Å². The predicted molar refractivity (Wildman–Crippen MR) is 83.5 cm³/mol. The molecule has 0 aliphatic carbocycles. The number of hydrogen-bond acceptors (Lipinski definition) is 2. The first-order valence-corrected chi connectivity index (χ1v) is 7.86. The summed E-state index contributed by atoms with van der Waals surface area (Å²) in [6.07, 6.45) is 2.53. The van der Waals surface area contributed by atoms with Crippen LogP contribution in [0.5, 0.6) is 0 Å². The summed E-state index contributed by atoms with van der Waals surface area (Å²) >= 11 is 1.86. The van der Waals surface area contributed by atoms with Gasteiger partial charge in [-0.25, -0.2) is 0 Å². The Hall–Kier alpha value is -0.340. The lowest BCUT2D eigenvalue weighted by Crippen LogP contribution is -2.37. The smallest absolute Gasteiger partial charge is 0.0115 e. The molecule has 0 radical (unpaired) electrons. The lowest BCUT2D eigenvalue weighted by molar-refractivity contribution is 0.327. The number of thiophene rings is 1. The first-order chi connectivity index (χ1) is 8.21. The zero-order valence-electron chi connectivity index (χ0n) is 12.8. The number of rotatable bonds is 6. The maximum Gasteiger partial charge on any atom is 0.0115 e. The van der Waals surface area contributed by atoms with Crippen molar-refractivity contribution < 1.29 is 0 Å². The van der Waals surface area contributed by atoms with Gasteiger partial charge in [0.1, 0.15) is 0 Å². The molecule has 1 nitrogen and oxygen atoms in total. The van der Waals surface area contributed by atoms with Gasteiger partial charge in [0.2, 0.25) is 0 Å². The summed E-state index contributed by atoms with van der Waals surface area (Å²) in [7, 11) is 0. The minimum atomic E-state index is 0.240. The molecule has 0 saturated heterocycles. The first kappa shape index (κ1) is 15.7. The topological polar surface area (TPSA) is 12.0 Å². The maximum atomic E-state index is 3.69. The third-order valence-electron chi connectivity index (χ3n) is 3.41. The first-order valence-electron chi connectivity index (χ1n) is 6.98. The average Bonchev–Trinajstić information content (AvgIpc) is 2.76. The van der Waals surface area contributed by atoms with Crippen LogP contribution < -0.4 is 5.32 Å². The van der Waals surface area contributed by atoms with Crippen LogP contribution in [0.25, 0.3) is 0 Å². The molecular formula is C16H29NS.